The summed E-state index contributed by atoms with van der Waals surface area (Å²) in [7, 11) is 0. The maximum Gasteiger partial charge on any atom is 0.125 e. The molecule has 0 aromatic carbocycles. The number of aryl methyl sites for hydroxylation is 6. The fraction of sp³-hybridized carbons (Fsp3) is 0.560. The molecule has 0 bridgehead atoms. The Morgan fingerprint density at radius 1 is 0.758 bits per heavy atom. The van der Waals surface area contributed by atoms with Gasteiger partial charge in [0.1, 0.15) is 12.9 Å². The molecule has 0 aliphatic carbocycles. The molecule has 0 fully saturated rings. The van der Waals surface area contributed by atoms with Crippen LogP contribution in [0.4, 0.5) is 0 Å². The molecule has 3 aromatic heterocycles. The van der Waals surface area contributed by atoms with Gasteiger partial charge >= 0.3 is 0 Å². The number of hydrogen-bond donors (Lipinski definition) is 2. The fourth-order valence-electron chi connectivity index (χ4n) is 1.74. The Labute approximate surface area is 202 Å². The maximum atomic E-state index is 4.76. The van der Waals surface area contributed by atoms with Crippen molar-refractivity contribution >= 4 is 5.71 Å². The highest BCUT2D eigenvalue weighted by Gasteiger charge is 2.11. The number of nitrogens with one attached hydrogen (secondary N) is 2. The van der Waals surface area contributed by atoms with E-state index in [1.165, 1.54) is 11.1 Å². The fourth-order valence-corrected chi connectivity index (χ4v) is 1.74. The van der Waals surface area contributed by atoms with E-state index in [-0.39, 0.29) is 29.7 Å². The summed E-state index contributed by atoms with van der Waals surface area (Å²) in [5.41, 5.74) is 8.06. The molecule has 3 aromatic rings. The second kappa shape index (κ2) is 19.6. The number of aromatic amines is 2. The first kappa shape index (κ1) is 37.3. The molecule has 1 aliphatic heterocycles. The lowest BCUT2D eigenvalue weighted by molar-refractivity contribution is 0.158. The lowest BCUT2D eigenvalue weighted by Crippen LogP contribution is -2.02. The molecule has 0 saturated carbocycles. The molecule has 4 rings (SSSR count). The Morgan fingerprint density at radius 3 is 1.39 bits per heavy atom. The molecule has 4 heterocycles. The van der Waals surface area contributed by atoms with Gasteiger partial charge in [-0.05, 0) is 65.2 Å². The van der Waals surface area contributed by atoms with Gasteiger partial charge in [0.25, 0.3) is 0 Å². The first-order chi connectivity index (χ1) is 13.7. The van der Waals surface area contributed by atoms with E-state index < -0.39 is 0 Å². The predicted molar refractivity (Wildman–Crippen MR) is 143 cm³/mol. The van der Waals surface area contributed by atoms with E-state index in [2.05, 4.69) is 42.4 Å². The van der Waals surface area contributed by atoms with Crippen LogP contribution in [-0.2, 0) is 4.84 Å². The first-order valence-electron chi connectivity index (χ1n) is 9.55. The van der Waals surface area contributed by atoms with Crippen molar-refractivity contribution in [2.75, 3.05) is 6.61 Å². The Balaban J connectivity index is -0.000000164. The zero-order chi connectivity index (χ0) is 21.8. The van der Waals surface area contributed by atoms with Crippen LogP contribution < -0.4 is 0 Å². The van der Waals surface area contributed by atoms with Crippen LogP contribution in [-0.4, -0.2) is 42.7 Å². The van der Waals surface area contributed by atoms with Crippen LogP contribution >= 0.6 is 0 Å². The second-order valence-corrected chi connectivity index (χ2v) is 7.08. The number of aromatic nitrogens is 6. The Hall–Kier alpha value is -3.03. The molecule has 8 heteroatoms. The van der Waals surface area contributed by atoms with Crippen LogP contribution in [0.1, 0.15) is 77.3 Å². The van der Waals surface area contributed by atoms with Gasteiger partial charge in [-0.1, -0.05) is 41.8 Å². The molecule has 33 heavy (non-hydrogen) atoms. The Morgan fingerprint density at radius 2 is 1.24 bits per heavy atom. The third-order valence-electron chi connectivity index (χ3n) is 4.57. The van der Waals surface area contributed by atoms with Gasteiger partial charge in [-0.3, -0.25) is 10.2 Å². The predicted octanol–water partition coefficient (Wildman–Crippen LogP) is 6.72. The van der Waals surface area contributed by atoms with Crippen LogP contribution in [0, 0.1) is 47.5 Å². The molecule has 8 nitrogen and oxygen atoms in total. The van der Waals surface area contributed by atoms with Crippen molar-refractivity contribution in [1.82, 2.24) is 30.4 Å². The van der Waals surface area contributed by atoms with Crippen molar-refractivity contribution in [2.24, 2.45) is 11.1 Å². The van der Waals surface area contributed by atoms with E-state index in [0.29, 0.717) is 5.92 Å². The molecule has 1 atom stereocenters. The summed E-state index contributed by atoms with van der Waals surface area (Å²) in [6, 6.07) is 0. The van der Waals surface area contributed by atoms with Crippen LogP contribution in [0.25, 0.3) is 0 Å². The van der Waals surface area contributed by atoms with E-state index >= 15 is 0 Å². The van der Waals surface area contributed by atoms with Crippen molar-refractivity contribution in [3.8, 4) is 0 Å². The van der Waals surface area contributed by atoms with Gasteiger partial charge < -0.3 is 4.84 Å². The molecule has 0 radical (unpaired) electrons. The lowest BCUT2D eigenvalue weighted by Gasteiger charge is -1.92. The molecule has 1 aliphatic rings. The van der Waals surface area contributed by atoms with Gasteiger partial charge in [0.05, 0.1) is 18.1 Å². The van der Waals surface area contributed by atoms with Crippen molar-refractivity contribution in [3.05, 3.63) is 58.7 Å². The standard InChI is InChI=1S/C6H8N2.2C5H8N2.C5H9NO.4CH4/c1-5-3-7-4-8-6(5)2;2*1-4-3-6-7-5(4)2;1-4-3-7-6-5(4)2;;;;/h3-4H,1-2H3;2*3H,1-2H3,(H,6,7);4H,3H2,1-2H3;4*1H4. The van der Waals surface area contributed by atoms with Gasteiger partial charge in [0, 0.05) is 29.2 Å². The van der Waals surface area contributed by atoms with Crippen LogP contribution in [0.5, 0.6) is 0 Å². The molecular weight excluding hydrogens is 414 g/mol. The van der Waals surface area contributed by atoms with Gasteiger partial charge in [-0.15, -0.1) is 0 Å². The largest absolute Gasteiger partial charge is 0.395 e. The number of hydrogen-bond acceptors (Lipinski definition) is 6. The minimum absolute atomic E-state index is 0. The van der Waals surface area contributed by atoms with Crippen molar-refractivity contribution < 1.29 is 4.84 Å². The van der Waals surface area contributed by atoms with Crippen molar-refractivity contribution in [2.45, 2.75) is 85.1 Å². The average Bonchev–Trinajstić information content (AvgIpc) is 3.37. The highest BCUT2D eigenvalue weighted by atomic mass is 16.6. The summed E-state index contributed by atoms with van der Waals surface area (Å²) < 4.78 is 0. The minimum Gasteiger partial charge on any atom is -0.395 e. The zero-order valence-corrected chi connectivity index (χ0v) is 18.7. The summed E-state index contributed by atoms with van der Waals surface area (Å²) in [5, 5.41) is 17.0. The Kier molecular flexibility index (Phi) is 22.2. The topological polar surface area (TPSA) is 105 Å². The SMILES string of the molecule is C.C.C.C.CC1=NOCC1C.Cc1cn[nH]c1C.Cc1cn[nH]c1C.Cc1cncnc1C. The molecule has 2 N–H and O–H groups in total. The lowest BCUT2D eigenvalue weighted by atomic mass is 10.1. The normalized spacial score (nSPS) is 12.5. The van der Waals surface area contributed by atoms with Crippen LogP contribution in [0.3, 0.4) is 0 Å². The molecule has 190 valence electrons. The summed E-state index contributed by atoms with van der Waals surface area (Å²) >= 11 is 0. The average molecular weight is 464 g/mol. The maximum absolute atomic E-state index is 4.76. The molecule has 0 saturated heterocycles. The second-order valence-electron chi connectivity index (χ2n) is 7.08. The summed E-state index contributed by atoms with van der Waals surface area (Å²) in [6.45, 7) is 16.9. The molecular formula is C25H49N7O. The number of rotatable bonds is 0. The summed E-state index contributed by atoms with van der Waals surface area (Å²) in [5.74, 6) is 0.542. The highest BCUT2D eigenvalue weighted by molar-refractivity contribution is 5.84. The van der Waals surface area contributed by atoms with E-state index in [1.807, 2.05) is 67.1 Å². The van der Waals surface area contributed by atoms with E-state index in [4.69, 9.17) is 4.84 Å². The molecule has 0 spiro atoms. The van der Waals surface area contributed by atoms with E-state index in [0.717, 1.165) is 35.0 Å². The van der Waals surface area contributed by atoms with E-state index in [1.54, 1.807) is 6.33 Å². The number of H-pyrrole nitrogens is 2. The number of nitrogens with zero attached hydrogens (tertiary/aromatic N) is 5. The smallest absolute Gasteiger partial charge is 0.125 e. The summed E-state index contributed by atoms with van der Waals surface area (Å²) in [4.78, 5) is 12.6. The van der Waals surface area contributed by atoms with Gasteiger partial charge in [-0.2, -0.15) is 10.2 Å². The van der Waals surface area contributed by atoms with E-state index in [9.17, 15) is 0 Å². The van der Waals surface area contributed by atoms with Crippen molar-refractivity contribution in [1.29, 1.82) is 0 Å². The first-order valence-corrected chi connectivity index (χ1v) is 9.55. The minimum atomic E-state index is 0. The van der Waals surface area contributed by atoms with Gasteiger partial charge in [-0.25, -0.2) is 9.97 Å². The third kappa shape index (κ3) is 14.6. The van der Waals surface area contributed by atoms with Gasteiger partial charge in [0.2, 0.25) is 0 Å². The monoisotopic (exact) mass is 463 g/mol. The quantitative estimate of drug-likeness (QED) is 0.385. The number of oxime groups is 1. The third-order valence-corrected chi connectivity index (χ3v) is 4.57. The summed E-state index contributed by atoms with van der Waals surface area (Å²) in [6.07, 6.45) is 7.00. The Bertz CT molecular complexity index is 792. The molecule has 0 amide bonds. The van der Waals surface area contributed by atoms with Gasteiger partial charge in [0.15, 0.2) is 0 Å². The van der Waals surface area contributed by atoms with Crippen LogP contribution in [0.2, 0.25) is 0 Å². The molecule has 1 unspecified atom stereocenters. The van der Waals surface area contributed by atoms with Crippen molar-refractivity contribution in [3.63, 3.8) is 0 Å². The zero-order valence-electron chi connectivity index (χ0n) is 18.7. The highest BCUT2D eigenvalue weighted by Crippen LogP contribution is 2.06. The van der Waals surface area contributed by atoms with Crippen LogP contribution in [0.15, 0.2) is 30.1 Å².